The first kappa shape index (κ1) is 24.3. The average Bonchev–Trinajstić information content (AvgIpc) is 3.29. The fourth-order valence-corrected chi connectivity index (χ4v) is 5.20. The highest BCUT2D eigenvalue weighted by Crippen LogP contribution is 2.31. The molecule has 1 aromatic heterocycles. The molecule has 0 saturated carbocycles. The summed E-state index contributed by atoms with van der Waals surface area (Å²) in [4.78, 5) is 15.9. The molecule has 1 aliphatic rings. The van der Waals surface area contributed by atoms with Crippen LogP contribution in [0.3, 0.4) is 0 Å². The first-order valence-electron chi connectivity index (χ1n) is 11.9. The van der Waals surface area contributed by atoms with Crippen molar-refractivity contribution in [1.82, 2.24) is 10.3 Å². The van der Waals surface area contributed by atoms with Gasteiger partial charge in [-0.1, -0.05) is 54.6 Å². The number of benzene rings is 3. The number of para-hydroxylation sites is 2. The highest BCUT2D eigenvalue weighted by atomic mass is 32.2. The van der Waals surface area contributed by atoms with Gasteiger partial charge in [0.15, 0.2) is 5.76 Å². The van der Waals surface area contributed by atoms with Crippen LogP contribution in [0.2, 0.25) is 0 Å². The third kappa shape index (κ3) is 5.12. The van der Waals surface area contributed by atoms with Gasteiger partial charge in [0, 0.05) is 17.5 Å². The Bertz CT molecular complexity index is 1490. The standard InChI is InChI=1S/C28H26N4O4S/c1-20-26-24(29-31-37(34,35)23-16-9-4-10-17-23)18-11-19-25(26)36-27(20)28(33)30-32(21-12-5-2-6-13-21)22-14-7-3-8-15-22/h2-10,12-17,31H,11,18-19H2,1H3,(H,30,33)/b29-24+. The molecule has 0 fully saturated rings. The number of hydrazone groups is 1. The number of rotatable bonds is 7. The molecule has 9 heteroatoms. The molecule has 0 radical (unpaired) electrons. The zero-order chi connectivity index (χ0) is 25.8. The van der Waals surface area contributed by atoms with Gasteiger partial charge in [-0.25, -0.2) is 0 Å². The number of hydrogen-bond donors (Lipinski definition) is 2. The summed E-state index contributed by atoms with van der Waals surface area (Å²) in [5.41, 5.74) is 6.37. The highest BCUT2D eigenvalue weighted by Gasteiger charge is 2.29. The fourth-order valence-electron chi connectivity index (χ4n) is 4.35. The number of anilines is 2. The molecule has 0 aliphatic heterocycles. The number of hydrogen-bond acceptors (Lipinski definition) is 6. The van der Waals surface area contributed by atoms with E-state index in [2.05, 4.69) is 15.4 Å². The summed E-state index contributed by atoms with van der Waals surface area (Å²) in [6.07, 6.45) is 1.92. The van der Waals surface area contributed by atoms with E-state index in [9.17, 15) is 13.2 Å². The minimum atomic E-state index is -3.82. The van der Waals surface area contributed by atoms with Gasteiger partial charge in [-0.3, -0.25) is 15.2 Å². The second-order valence-corrected chi connectivity index (χ2v) is 10.3. The van der Waals surface area contributed by atoms with Crippen LogP contribution in [0.25, 0.3) is 0 Å². The number of furan rings is 1. The van der Waals surface area contributed by atoms with Gasteiger partial charge in [-0.2, -0.15) is 18.4 Å². The number of sulfonamides is 1. The van der Waals surface area contributed by atoms with Crippen LogP contribution in [0.5, 0.6) is 0 Å². The Balaban J connectivity index is 1.44. The van der Waals surface area contributed by atoms with Crippen LogP contribution in [0.1, 0.15) is 40.3 Å². The van der Waals surface area contributed by atoms with Crippen molar-refractivity contribution in [2.45, 2.75) is 31.1 Å². The van der Waals surface area contributed by atoms with Gasteiger partial charge in [0.25, 0.3) is 10.0 Å². The Morgan fingerprint density at radius 3 is 2.03 bits per heavy atom. The number of aryl methyl sites for hydroxylation is 1. The van der Waals surface area contributed by atoms with Crippen molar-refractivity contribution in [3.05, 3.63) is 114 Å². The van der Waals surface area contributed by atoms with E-state index in [1.807, 2.05) is 60.7 Å². The molecule has 0 unspecified atom stereocenters. The van der Waals surface area contributed by atoms with E-state index in [1.165, 1.54) is 12.1 Å². The Labute approximate surface area is 215 Å². The number of fused-ring (bicyclic) bond motifs is 1. The zero-order valence-corrected chi connectivity index (χ0v) is 21.0. The van der Waals surface area contributed by atoms with E-state index in [4.69, 9.17) is 4.42 Å². The van der Waals surface area contributed by atoms with E-state index in [1.54, 1.807) is 30.1 Å². The Kier molecular flexibility index (Phi) is 6.78. The summed E-state index contributed by atoms with van der Waals surface area (Å²) in [7, 11) is -3.82. The largest absolute Gasteiger partial charge is 0.455 e. The summed E-state index contributed by atoms with van der Waals surface area (Å²) in [5, 5.41) is 5.94. The van der Waals surface area contributed by atoms with Crippen LogP contribution in [0.15, 0.2) is 105 Å². The normalized spacial score (nSPS) is 14.1. The van der Waals surface area contributed by atoms with Gasteiger partial charge in [0.05, 0.1) is 22.0 Å². The van der Waals surface area contributed by atoms with Crippen molar-refractivity contribution in [3.63, 3.8) is 0 Å². The van der Waals surface area contributed by atoms with Gasteiger partial charge in [-0.05, 0) is 56.2 Å². The molecule has 1 amide bonds. The Morgan fingerprint density at radius 2 is 1.43 bits per heavy atom. The molecule has 5 rings (SSSR count). The molecule has 0 bridgehead atoms. The predicted octanol–water partition coefficient (Wildman–Crippen LogP) is 5.09. The summed E-state index contributed by atoms with van der Waals surface area (Å²) in [6, 6.07) is 27.1. The van der Waals surface area contributed by atoms with Crippen molar-refractivity contribution in [2.24, 2.45) is 5.10 Å². The van der Waals surface area contributed by atoms with Crippen LogP contribution < -0.4 is 15.3 Å². The molecule has 188 valence electrons. The maximum Gasteiger partial charge on any atom is 0.306 e. The molecule has 2 N–H and O–H groups in total. The second kappa shape index (κ2) is 10.3. The van der Waals surface area contributed by atoms with E-state index >= 15 is 0 Å². The van der Waals surface area contributed by atoms with Crippen molar-refractivity contribution in [3.8, 4) is 0 Å². The van der Waals surface area contributed by atoms with Crippen molar-refractivity contribution < 1.29 is 17.6 Å². The first-order chi connectivity index (χ1) is 17.9. The smallest absolute Gasteiger partial charge is 0.306 e. The maximum atomic E-state index is 13.5. The van der Waals surface area contributed by atoms with Crippen LogP contribution in [-0.2, 0) is 16.4 Å². The van der Waals surface area contributed by atoms with Crippen molar-refractivity contribution >= 4 is 33.0 Å². The van der Waals surface area contributed by atoms with Crippen LogP contribution in [0.4, 0.5) is 11.4 Å². The fraction of sp³-hybridized carbons (Fsp3) is 0.143. The third-order valence-electron chi connectivity index (χ3n) is 6.13. The van der Waals surface area contributed by atoms with Crippen LogP contribution in [-0.4, -0.2) is 20.0 Å². The first-order valence-corrected chi connectivity index (χ1v) is 13.4. The molecule has 0 saturated heterocycles. The maximum absolute atomic E-state index is 13.5. The molecule has 0 atom stereocenters. The summed E-state index contributed by atoms with van der Waals surface area (Å²) in [5.74, 6) is 0.378. The summed E-state index contributed by atoms with van der Waals surface area (Å²) < 4.78 is 31.4. The average molecular weight is 515 g/mol. The van der Waals surface area contributed by atoms with Crippen molar-refractivity contribution in [1.29, 1.82) is 0 Å². The SMILES string of the molecule is Cc1c(C(=O)NN(c2ccccc2)c2ccccc2)oc2c1/C(=N/NS(=O)(=O)c1ccccc1)CCC2. The summed E-state index contributed by atoms with van der Waals surface area (Å²) >= 11 is 0. The van der Waals surface area contributed by atoms with E-state index in [0.717, 1.165) is 17.8 Å². The molecule has 8 nitrogen and oxygen atoms in total. The second-order valence-electron chi connectivity index (χ2n) is 8.62. The van der Waals surface area contributed by atoms with Gasteiger partial charge in [0.2, 0.25) is 0 Å². The third-order valence-corrected chi connectivity index (χ3v) is 7.35. The number of nitrogens with one attached hydrogen (secondary N) is 2. The molecular formula is C28H26N4O4S. The monoisotopic (exact) mass is 514 g/mol. The van der Waals surface area contributed by atoms with Gasteiger partial charge in [0.1, 0.15) is 5.76 Å². The number of carbonyl (C=O) groups is 1. The highest BCUT2D eigenvalue weighted by molar-refractivity contribution is 7.89. The van der Waals surface area contributed by atoms with Crippen molar-refractivity contribution in [2.75, 3.05) is 5.01 Å². The predicted molar refractivity (Wildman–Crippen MR) is 142 cm³/mol. The molecule has 1 heterocycles. The topological polar surface area (TPSA) is 104 Å². The lowest BCUT2D eigenvalue weighted by atomic mass is 9.93. The van der Waals surface area contributed by atoms with Crippen LogP contribution in [0, 0.1) is 6.92 Å². The molecule has 4 aromatic rings. The minimum Gasteiger partial charge on any atom is -0.455 e. The number of carbonyl (C=O) groups excluding carboxylic acids is 1. The lowest BCUT2D eigenvalue weighted by molar-refractivity contribution is 0.0923. The van der Waals surface area contributed by atoms with E-state index in [-0.39, 0.29) is 10.7 Å². The lowest BCUT2D eigenvalue weighted by Crippen LogP contribution is -2.39. The van der Waals surface area contributed by atoms with E-state index in [0.29, 0.717) is 35.4 Å². The number of hydrazine groups is 1. The van der Waals surface area contributed by atoms with E-state index < -0.39 is 15.9 Å². The van der Waals surface area contributed by atoms with Gasteiger partial charge < -0.3 is 4.42 Å². The molecule has 37 heavy (non-hydrogen) atoms. The molecule has 0 spiro atoms. The Hall–Kier alpha value is -4.37. The molecule has 1 aliphatic carbocycles. The van der Waals surface area contributed by atoms with Gasteiger partial charge in [-0.15, -0.1) is 0 Å². The van der Waals surface area contributed by atoms with Crippen LogP contribution >= 0.6 is 0 Å². The number of nitrogens with zero attached hydrogens (tertiary/aromatic N) is 2. The lowest BCUT2D eigenvalue weighted by Gasteiger charge is -2.25. The Morgan fingerprint density at radius 1 is 0.865 bits per heavy atom. The summed E-state index contributed by atoms with van der Waals surface area (Å²) in [6.45, 7) is 1.79. The molecular weight excluding hydrogens is 488 g/mol. The molecule has 3 aromatic carbocycles. The van der Waals surface area contributed by atoms with Gasteiger partial charge >= 0.3 is 5.91 Å². The quantitative estimate of drug-likeness (QED) is 0.334. The zero-order valence-electron chi connectivity index (χ0n) is 20.2. The minimum absolute atomic E-state index is 0.126. The number of amides is 1.